The maximum Gasteiger partial charge on any atom is 0.0963 e. The van der Waals surface area contributed by atoms with Gasteiger partial charge in [0, 0.05) is 23.5 Å². The molecule has 0 radical (unpaired) electrons. The van der Waals surface area contributed by atoms with E-state index in [1.54, 1.807) is 0 Å². The Morgan fingerprint density at radius 1 is 0.532 bits per heavy atom. The van der Waals surface area contributed by atoms with E-state index in [-0.39, 0.29) is 0 Å². The van der Waals surface area contributed by atoms with Crippen LogP contribution in [0.25, 0.3) is 38.8 Å². The Hall–Kier alpha value is -6.00. The number of aryl methyl sites for hydroxylation is 2. The third-order valence-electron chi connectivity index (χ3n) is 10.2. The Morgan fingerprint density at radius 3 is 1.85 bits per heavy atom. The SMILES string of the molecule is Cc1ccc2c(c1)C1(c3ccccc3-c3ccccc31)c1cc(C)ccc1N2c1ccc2c3ncccc3n(-c3cccnc3)c2c1. The highest BCUT2D eigenvalue weighted by atomic mass is 15.2. The van der Waals surface area contributed by atoms with E-state index in [1.807, 2.05) is 30.7 Å². The molecule has 1 spiro atoms. The average molecular weight is 603 g/mol. The maximum atomic E-state index is 4.82. The van der Waals surface area contributed by atoms with Gasteiger partial charge in [-0.1, -0.05) is 83.9 Å². The summed E-state index contributed by atoms with van der Waals surface area (Å²) < 4.78 is 2.29. The van der Waals surface area contributed by atoms with Crippen molar-refractivity contribution < 1.29 is 0 Å². The fraction of sp³-hybridized carbons (Fsp3) is 0.0698. The third-order valence-corrected chi connectivity index (χ3v) is 10.2. The van der Waals surface area contributed by atoms with E-state index in [9.17, 15) is 0 Å². The summed E-state index contributed by atoms with van der Waals surface area (Å²) in [6.07, 6.45) is 5.62. The molecule has 8 aromatic rings. The van der Waals surface area contributed by atoms with Gasteiger partial charge in [-0.25, -0.2) is 0 Å². The molecule has 0 saturated heterocycles. The Balaban J connectivity index is 1.31. The zero-order valence-corrected chi connectivity index (χ0v) is 26.1. The first-order valence-electron chi connectivity index (χ1n) is 16.2. The van der Waals surface area contributed by atoms with Crippen molar-refractivity contribution >= 4 is 39.0 Å². The largest absolute Gasteiger partial charge is 0.310 e. The molecule has 0 bridgehead atoms. The molecule has 47 heavy (non-hydrogen) atoms. The number of anilines is 3. The van der Waals surface area contributed by atoms with Crippen LogP contribution >= 0.6 is 0 Å². The number of pyridine rings is 2. The lowest BCUT2D eigenvalue weighted by Crippen LogP contribution is -2.36. The third kappa shape index (κ3) is 3.42. The van der Waals surface area contributed by atoms with E-state index in [0.29, 0.717) is 0 Å². The molecule has 0 atom stereocenters. The summed E-state index contributed by atoms with van der Waals surface area (Å²) in [7, 11) is 0. The van der Waals surface area contributed by atoms with Crippen LogP contribution in [0.2, 0.25) is 0 Å². The van der Waals surface area contributed by atoms with Gasteiger partial charge in [-0.05, 0) is 102 Å². The van der Waals surface area contributed by atoms with Crippen LogP contribution < -0.4 is 4.90 Å². The van der Waals surface area contributed by atoms with Gasteiger partial charge in [0.15, 0.2) is 0 Å². The van der Waals surface area contributed by atoms with E-state index in [4.69, 9.17) is 4.98 Å². The normalized spacial score (nSPS) is 13.9. The fourth-order valence-electron chi connectivity index (χ4n) is 8.38. The van der Waals surface area contributed by atoms with Gasteiger partial charge < -0.3 is 9.47 Å². The molecule has 0 fully saturated rings. The molecule has 2 aliphatic rings. The molecule has 0 saturated carbocycles. The van der Waals surface area contributed by atoms with E-state index in [0.717, 1.165) is 33.3 Å². The molecule has 5 aromatic carbocycles. The molecule has 4 nitrogen and oxygen atoms in total. The summed E-state index contributed by atoms with van der Waals surface area (Å²) in [5.74, 6) is 0. The number of hydrogen-bond donors (Lipinski definition) is 0. The fourth-order valence-corrected chi connectivity index (χ4v) is 8.38. The molecule has 0 amide bonds. The molecule has 0 N–H and O–H groups in total. The van der Waals surface area contributed by atoms with Crippen molar-refractivity contribution in [2.24, 2.45) is 0 Å². The Bertz CT molecular complexity index is 2460. The zero-order chi connectivity index (χ0) is 31.3. The first-order valence-corrected chi connectivity index (χ1v) is 16.2. The first kappa shape index (κ1) is 26.2. The van der Waals surface area contributed by atoms with Crippen molar-refractivity contribution in [2.45, 2.75) is 19.3 Å². The number of nitrogens with zero attached hydrogens (tertiary/aromatic N) is 4. The number of aromatic nitrogens is 3. The second-order valence-corrected chi connectivity index (χ2v) is 12.8. The summed E-state index contributed by atoms with van der Waals surface area (Å²) in [5, 5.41) is 1.12. The maximum absolute atomic E-state index is 4.82. The van der Waals surface area contributed by atoms with E-state index >= 15 is 0 Å². The second kappa shape index (κ2) is 9.51. The van der Waals surface area contributed by atoms with Crippen molar-refractivity contribution in [1.82, 2.24) is 14.5 Å². The Kier molecular flexibility index (Phi) is 5.31. The molecule has 0 unspecified atom stereocenters. The smallest absolute Gasteiger partial charge is 0.0963 e. The van der Waals surface area contributed by atoms with E-state index in [1.165, 1.54) is 55.9 Å². The van der Waals surface area contributed by atoms with Gasteiger partial charge in [0.05, 0.1) is 45.2 Å². The summed E-state index contributed by atoms with van der Waals surface area (Å²) >= 11 is 0. The number of rotatable bonds is 2. The minimum Gasteiger partial charge on any atom is -0.310 e. The van der Waals surface area contributed by atoms with Crippen molar-refractivity contribution in [1.29, 1.82) is 0 Å². The van der Waals surface area contributed by atoms with Crippen LogP contribution in [0.3, 0.4) is 0 Å². The first-order chi connectivity index (χ1) is 23.1. The van der Waals surface area contributed by atoms with Gasteiger partial charge in [0.1, 0.15) is 0 Å². The van der Waals surface area contributed by atoms with Crippen LogP contribution in [-0.4, -0.2) is 14.5 Å². The molecule has 10 rings (SSSR count). The second-order valence-electron chi connectivity index (χ2n) is 12.8. The summed E-state index contributed by atoms with van der Waals surface area (Å²) in [6.45, 7) is 4.42. The van der Waals surface area contributed by atoms with Gasteiger partial charge in [0.2, 0.25) is 0 Å². The topological polar surface area (TPSA) is 34.0 Å². The predicted molar refractivity (Wildman–Crippen MR) is 191 cm³/mol. The molecule has 1 aliphatic carbocycles. The van der Waals surface area contributed by atoms with Gasteiger partial charge in [0.25, 0.3) is 0 Å². The standard InChI is InChI=1S/C43H30N4/c1-27-15-19-38-36(23-27)43(34-12-5-3-10-31(34)32-11-4-6-13-35(32)43)37-24-28(2)16-20-39(37)46(38)29-17-18-33-41(25-29)47(30-9-7-21-44-26-30)40-14-8-22-45-42(33)40/h3-26H,1-2H3. The Morgan fingerprint density at radius 2 is 1.19 bits per heavy atom. The van der Waals surface area contributed by atoms with Crippen LogP contribution in [0.15, 0.2) is 146 Å². The van der Waals surface area contributed by atoms with Crippen LogP contribution in [0, 0.1) is 13.8 Å². The molecular formula is C43H30N4. The lowest BCUT2D eigenvalue weighted by molar-refractivity contribution is 0.750. The average Bonchev–Trinajstić information content (AvgIpc) is 3.60. The van der Waals surface area contributed by atoms with Gasteiger partial charge >= 0.3 is 0 Å². The van der Waals surface area contributed by atoms with E-state index < -0.39 is 5.41 Å². The van der Waals surface area contributed by atoms with Gasteiger partial charge in [-0.15, -0.1) is 0 Å². The number of hydrogen-bond acceptors (Lipinski definition) is 3. The molecule has 3 aromatic heterocycles. The van der Waals surface area contributed by atoms with Crippen LogP contribution in [0.4, 0.5) is 17.1 Å². The highest BCUT2D eigenvalue weighted by Crippen LogP contribution is 2.63. The number of fused-ring (bicyclic) bond motifs is 12. The number of benzene rings is 5. The monoisotopic (exact) mass is 602 g/mol. The molecule has 4 heteroatoms. The molecule has 1 aliphatic heterocycles. The van der Waals surface area contributed by atoms with Gasteiger partial charge in [-0.3, -0.25) is 9.97 Å². The van der Waals surface area contributed by atoms with Crippen LogP contribution in [0.1, 0.15) is 33.4 Å². The zero-order valence-electron chi connectivity index (χ0n) is 26.1. The lowest BCUT2D eigenvalue weighted by Gasteiger charge is -2.45. The predicted octanol–water partition coefficient (Wildman–Crippen LogP) is 10.3. The van der Waals surface area contributed by atoms with Crippen molar-refractivity contribution in [3.63, 3.8) is 0 Å². The highest BCUT2D eigenvalue weighted by molar-refractivity contribution is 6.08. The van der Waals surface area contributed by atoms with Crippen molar-refractivity contribution in [3.8, 4) is 16.8 Å². The van der Waals surface area contributed by atoms with Crippen LogP contribution in [-0.2, 0) is 5.41 Å². The van der Waals surface area contributed by atoms with Crippen LogP contribution in [0.5, 0.6) is 0 Å². The Labute approximate surface area is 273 Å². The van der Waals surface area contributed by atoms with Gasteiger partial charge in [-0.2, -0.15) is 0 Å². The summed E-state index contributed by atoms with van der Waals surface area (Å²) in [4.78, 5) is 11.8. The van der Waals surface area contributed by atoms with E-state index in [2.05, 4.69) is 144 Å². The van der Waals surface area contributed by atoms with Crippen molar-refractivity contribution in [3.05, 3.63) is 179 Å². The lowest BCUT2D eigenvalue weighted by atomic mass is 9.64. The molecular weight excluding hydrogens is 573 g/mol. The summed E-state index contributed by atoms with van der Waals surface area (Å²) in [5.41, 5.74) is 17.7. The quantitative estimate of drug-likeness (QED) is 0.197. The minimum absolute atomic E-state index is 0.439. The molecule has 222 valence electrons. The molecule has 4 heterocycles. The van der Waals surface area contributed by atoms with Crippen molar-refractivity contribution in [2.75, 3.05) is 4.90 Å². The minimum atomic E-state index is -0.439. The summed E-state index contributed by atoms with van der Waals surface area (Å²) in [6, 6.07) is 47.1. The highest BCUT2D eigenvalue weighted by Gasteiger charge is 2.51.